The van der Waals surface area contributed by atoms with Crippen LogP contribution in [0.25, 0.3) is 0 Å². The lowest BCUT2D eigenvalue weighted by molar-refractivity contribution is 0.0939. The zero-order chi connectivity index (χ0) is 14.5. The molecule has 0 aliphatic rings. The van der Waals surface area contributed by atoms with Gasteiger partial charge in [-0.3, -0.25) is 9.78 Å². The van der Waals surface area contributed by atoms with Crippen LogP contribution in [0.3, 0.4) is 0 Å². The predicted octanol–water partition coefficient (Wildman–Crippen LogP) is 2.16. The van der Waals surface area contributed by atoms with Crippen molar-refractivity contribution in [2.24, 2.45) is 0 Å². The summed E-state index contributed by atoms with van der Waals surface area (Å²) < 4.78 is 5.11. The minimum atomic E-state index is -0.193. The van der Waals surface area contributed by atoms with Crippen molar-refractivity contribution in [1.29, 1.82) is 0 Å². The standard InChI is InChI=1S/C15H17N3O2/c1-10(13-5-3-4-8-17-13)18-15(19)11-6-7-12(16)14(9-11)20-2/h3-10H,16H2,1-2H3,(H,18,19). The van der Waals surface area contributed by atoms with E-state index in [4.69, 9.17) is 10.5 Å². The topological polar surface area (TPSA) is 77.2 Å². The molecule has 5 nitrogen and oxygen atoms in total. The third kappa shape index (κ3) is 3.06. The summed E-state index contributed by atoms with van der Waals surface area (Å²) in [5.41, 5.74) is 7.53. The number of pyridine rings is 1. The van der Waals surface area contributed by atoms with Gasteiger partial charge in [0.15, 0.2) is 0 Å². The molecule has 0 bridgehead atoms. The first-order valence-corrected chi connectivity index (χ1v) is 6.27. The van der Waals surface area contributed by atoms with Crippen LogP contribution in [0, 0.1) is 0 Å². The van der Waals surface area contributed by atoms with E-state index in [1.54, 1.807) is 24.4 Å². The lowest BCUT2D eigenvalue weighted by Gasteiger charge is -2.14. The molecule has 1 amide bonds. The monoisotopic (exact) mass is 271 g/mol. The Morgan fingerprint density at radius 1 is 1.35 bits per heavy atom. The largest absolute Gasteiger partial charge is 0.495 e. The maximum Gasteiger partial charge on any atom is 0.251 e. The second-order valence-electron chi connectivity index (χ2n) is 4.41. The molecule has 2 rings (SSSR count). The van der Waals surface area contributed by atoms with Crippen molar-refractivity contribution in [3.63, 3.8) is 0 Å². The number of amides is 1. The van der Waals surface area contributed by atoms with Gasteiger partial charge in [0.25, 0.3) is 5.91 Å². The second-order valence-corrected chi connectivity index (χ2v) is 4.41. The number of ether oxygens (including phenoxy) is 1. The molecule has 0 saturated heterocycles. The quantitative estimate of drug-likeness (QED) is 0.835. The Hall–Kier alpha value is -2.56. The first-order valence-electron chi connectivity index (χ1n) is 6.27. The van der Waals surface area contributed by atoms with Crippen LogP contribution in [0.15, 0.2) is 42.6 Å². The third-order valence-corrected chi connectivity index (χ3v) is 2.97. The first-order chi connectivity index (χ1) is 9.61. The molecule has 0 aliphatic carbocycles. The van der Waals surface area contributed by atoms with Gasteiger partial charge in [-0.2, -0.15) is 0 Å². The Balaban J connectivity index is 2.12. The maximum atomic E-state index is 12.2. The summed E-state index contributed by atoms with van der Waals surface area (Å²) in [6, 6.07) is 10.4. The normalized spacial score (nSPS) is 11.7. The fourth-order valence-corrected chi connectivity index (χ4v) is 1.84. The highest BCUT2D eigenvalue weighted by molar-refractivity contribution is 5.95. The molecule has 2 aromatic rings. The molecular weight excluding hydrogens is 254 g/mol. The fraction of sp³-hybridized carbons (Fsp3) is 0.200. The number of nitrogens with zero attached hydrogens (tertiary/aromatic N) is 1. The first kappa shape index (κ1) is 13.9. The summed E-state index contributed by atoms with van der Waals surface area (Å²) in [6.45, 7) is 1.88. The molecule has 0 fully saturated rings. The molecule has 1 aromatic carbocycles. The zero-order valence-electron chi connectivity index (χ0n) is 11.5. The van der Waals surface area contributed by atoms with Gasteiger partial charge in [0, 0.05) is 11.8 Å². The molecule has 0 spiro atoms. The second kappa shape index (κ2) is 6.06. The summed E-state index contributed by atoms with van der Waals surface area (Å²) in [4.78, 5) is 16.4. The van der Waals surface area contributed by atoms with Crippen LogP contribution in [0.5, 0.6) is 5.75 Å². The number of benzene rings is 1. The molecule has 0 radical (unpaired) electrons. The van der Waals surface area contributed by atoms with E-state index in [9.17, 15) is 4.79 Å². The Kier molecular flexibility index (Phi) is 4.20. The summed E-state index contributed by atoms with van der Waals surface area (Å²) in [7, 11) is 1.52. The Morgan fingerprint density at radius 3 is 2.80 bits per heavy atom. The average Bonchev–Trinajstić information content (AvgIpc) is 2.48. The number of rotatable bonds is 4. The van der Waals surface area contributed by atoms with Crippen LogP contribution in [-0.4, -0.2) is 18.0 Å². The maximum absolute atomic E-state index is 12.2. The van der Waals surface area contributed by atoms with Crippen molar-refractivity contribution in [3.05, 3.63) is 53.9 Å². The Labute approximate surface area is 117 Å². The van der Waals surface area contributed by atoms with Crippen molar-refractivity contribution in [2.45, 2.75) is 13.0 Å². The van der Waals surface area contributed by atoms with Gasteiger partial charge in [0.1, 0.15) is 5.75 Å². The van der Waals surface area contributed by atoms with Gasteiger partial charge in [0.2, 0.25) is 0 Å². The molecule has 104 valence electrons. The number of nitrogen functional groups attached to an aromatic ring is 1. The van der Waals surface area contributed by atoms with E-state index < -0.39 is 0 Å². The zero-order valence-corrected chi connectivity index (χ0v) is 11.5. The molecule has 20 heavy (non-hydrogen) atoms. The summed E-state index contributed by atoms with van der Waals surface area (Å²) in [5.74, 6) is 0.296. The molecule has 1 aromatic heterocycles. The summed E-state index contributed by atoms with van der Waals surface area (Å²) in [6.07, 6.45) is 1.70. The Morgan fingerprint density at radius 2 is 2.15 bits per heavy atom. The molecule has 1 atom stereocenters. The van der Waals surface area contributed by atoms with Crippen molar-refractivity contribution in [3.8, 4) is 5.75 Å². The van der Waals surface area contributed by atoms with Crippen molar-refractivity contribution >= 4 is 11.6 Å². The van der Waals surface area contributed by atoms with E-state index in [2.05, 4.69) is 10.3 Å². The van der Waals surface area contributed by atoms with Gasteiger partial charge in [-0.05, 0) is 37.3 Å². The molecule has 0 saturated carbocycles. The smallest absolute Gasteiger partial charge is 0.251 e. The van der Waals surface area contributed by atoms with Gasteiger partial charge < -0.3 is 15.8 Å². The van der Waals surface area contributed by atoms with E-state index in [-0.39, 0.29) is 11.9 Å². The van der Waals surface area contributed by atoms with E-state index in [0.717, 1.165) is 5.69 Å². The van der Waals surface area contributed by atoms with Gasteiger partial charge in [-0.1, -0.05) is 6.07 Å². The van der Waals surface area contributed by atoms with Crippen molar-refractivity contribution in [2.75, 3.05) is 12.8 Å². The SMILES string of the molecule is COc1cc(C(=O)NC(C)c2ccccn2)ccc1N. The number of nitrogens with one attached hydrogen (secondary N) is 1. The van der Waals surface area contributed by atoms with E-state index in [1.165, 1.54) is 7.11 Å². The molecular formula is C15H17N3O2. The predicted molar refractivity (Wildman–Crippen MR) is 77.5 cm³/mol. The summed E-state index contributed by atoms with van der Waals surface area (Å²) in [5, 5.41) is 2.89. The van der Waals surface area contributed by atoms with Crippen LogP contribution in [0.4, 0.5) is 5.69 Å². The molecule has 0 aliphatic heterocycles. The number of methoxy groups -OCH3 is 1. The number of carbonyl (C=O) groups is 1. The van der Waals surface area contributed by atoms with Gasteiger partial charge in [0.05, 0.1) is 24.5 Å². The van der Waals surface area contributed by atoms with Crippen LogP contribution in [-0.2, 0) is 0 Å². The van der Waals surface area contributed by atoms with E-state index >= 15 is 0 Å². The Bertz CT molecular complexity index is 599. The van der Waals surface area contributed by atoms with E-state index in [1.807, 2.05) is 25.1 Å². The van der Waals surface area contributed by atoms with Crippen molar-refractivity contribution < 1.29 is 9.53 Å². The molecule has 1 heterocycles. The number of aromatic nitrogens is 1. The minimum Gasteiger partial charge on any atom is -0.495 e. The number of hydrogen-bond donors (Lipinski definition) is 2. The van der Waals surface area contributed by atoms with Crippen LogP contribution >= 0.6 is 0 Å². The van der Waals surface area contributed by atoms with Gasteiger partial charge >= 0.3 is 0 Å². The van der Waals surface area contributed by atoms with Crippen LogP contribution in [0.2, 0.25) is 0 Å². The minimum absolute atomic E-state index is 0.174. The number of hydrogen-bond acceptors (Lipinski definition) is 4. The van der Waals surface area contributed by atoms with Gasteiger partial charge in [-0.25, -0.2) is 0 Å². The third-order valence-electron chi connectivity index (χ3n) is 2.97. The summed E-state index contributed by atoms with van der Waals surface area (Å²) >= 11 is 0. The fourth-order valence-electron chi connectivity index (χ4n) is 1.84. The average molecular weight is 271 g/mol. The number of carbonyl (C=O) groups excluding carboxylic acids is 1. The number of nitrogens with two attached hydrogens (primary N) is 1. The lowest BCUT2D eigenvalue weighted by atomic mass is 10.1. The van der Waals surface area contributed by atoms with Gasteiger partial charge in [-0.15, -0.1) is 0 Å². The van der Waals surface area contributed by atoms with E-state index in [0.29, 0.717) is 17.0 Å². The van der Waals surface area contributed by atoms with Crippen LogP contribution < -0.4 is 15.8 Å². The highest BCUT2D eigenvalue weighted by Crippen LogP contribution is 2.22. The highest BCUT2D eigenvalue weighted by atomic mass is 16.5. The highest BCUT2D eigenvalue weighted by Gasteiger charge is 2.13. The molecule has 5 heteroatoms. The van der Waals surface area contributed by atoms with Crippen LogP contribution in [0.1, 0.15) is 29.0 Å². The molecule has 1 unspecified atom stereocenters. The van der Waals surface area contributed by atoms with Crippen molar-refractivity contribution in [1.82, 2.24) is 10.3 Å². The lowest BCUT2D eigenvalue weighted by Crippen LogP contribution is -2.27. The molecule has 3 N–H and O–H groups in total. The number of anilines is 1.